The largest absolute Gasteiger partial charge is 0.375 e. The van der Waals surface area contributed by atoms with E-state index in [0.29, 0.717) is 12.1 Å². The standard InChI is InChI=1S/C15H26N2O2/c1-11(14(18)17-12-4-5-12)16-13-6-9-19-15(10-13)7-2-3-8-15/h11-13,16H,2-10H2,1H3,(H,17,18). The molecular formula is C15H26N2O2. The molecule has 1 aliphatic heterocycles. The van der Waals surface area contributed by atoms with E-state index >= 15 is 0 Å². The summed E-state index contributed by atoms with van der Waals surface area (Å²) in [5.74, 6) is 0.162. The molecule has 4 nitrogen and oxygen atoms in total. The number of ether oxygens (including phenoxy) is 1. The van der Waals surface area contributed by atoms with Gasteiger partial charge < -0.3 is 15.4 Å². The van der Waals surface area contributed by atoms with Gasteiger partial charge in [0, 0.05) is 18.7 Å². The number of hydrogen-bond acceptors (Lipinski definition) is 3. The Balaban J connectivity index is 1.49. The summed E-state index contributed by atoms with van der Waals surface area (Å²) in [6, 6.07) is 0.807. The summed E-state index contributed by atoms with van der Waals surface area (Å²) in [6.45, 7) is 2.82. The van der Waals surface area contributed by atoms with Gasteiger partial charge in [0.2, 0.25) is 5.91 Å². The SMILES string of the molecule is CC(NC1CCOC2(CCCC2)C1)C(=O)NC1CC1. The van der Waals surface area contributed by atoms with Crippen molar-refractivity contribution in [3.63, 3.8) is 0 Å². The minimum Gasteiger partial charge on any atom is -0.375 e. The molecule has 1 amide bonds. The van der Waals surface area contributed by atoms with E-state index in [2.05, 4.69) is 10.6 Å². The minimum absolute atomic E-state index is 0.0813. The third kappa shape index (κ3) is 3.29. The monoisotopic (exact) mass is 266 g/mol. The fraction of sp³-hybridized carbons (Fsp3) is 0.933. The summed E-state index contributed by atoms with van der Waals surface area (Å²) in [5, 5.41) is 6.58. The lowest BCUT2D eigenvalue weighted by Gasteiger charge is -2.39. The fourth-order valence-electron chi connectivity index (χ4n) is 3.52. The van der Waals surface area contributed by atoms with Crippen LogP contribution in [-0.2, 0) is 9.53 Å². The molecule has 4 heteroatoms. The number of carbonyl (C=O) groups is 1. The van der Waals surface area contributed by atoms with Gasteiger partial charge in [-0.05, 0) is 45.4 Å². The molecule has 0 radical (unpaired) electrons. The van der Waals surface area contributed by atoms with Crippen molar-refractivity contribution < 1.29 is 9.53 Å². The zero-order valence-corrected chi connectivity index (χ0v) is 11.9. The molecule has 2 atom stereocenters. The summed E-state index contributed by atoms with van der Waals surface area (Å²) in [6.07, 6.45) is 9.41. The molecule has 1 spiro atoms. The lowest BCUT2D eigenvalue weighted by molar-refractivity contribution is -0.124. The highest BCUT2D eigenvalue weighted by atomic mass is 16.5. The van der Waals surface area contributed by atoms with Crippen LogP contribution in [0.4, 0.5) is 0 Å². The van der Waals surface area contributed by atoms with Crippen LogP contribution < -0.4 is 10.6 Å². The van der Waals surface area contributed by atoms with E-state index in [4.69, 9.17) is 4.74 Å². The first-order valence-corrected chi connectivity index (χ1v) is 7.87. The predicted molar refractivity (Wildman–Crippen MR) is 73.9 cm³/mol. The van der Waals surface area contributed by atoms with E-state index in [1.54, 1.807) is 0 Å². The Kier molecular flexibility index (Phi) is 3.81. The summed E-state index contributed by atoms with van der Waals surface area (Å²) < 4.78 is 6.03. The average molecular weight is 266 g/mol. The average Bonchev–Trinajstić information content (AvgIpc) is 3.10. The van der Waals surface area contributed by atoms with Crippen LogP contribution in [-0.4, -0.2) is 36.2 Å². The van der Waals surface area contributed by atoms with Crippen LogP contribution in [0.15, 0.2) is 0 Å². The molecule has 3 rings (SSSR count). The smallest absolute Gasteiger partial charge is 0.237 e. The van der Waals surface area contributed by atoms with Gasteiger partial charge in [-0.2, -0.15) is 0 Å². The van der Waals surface area contributed by atoms with E-state index < -0.39 is 0 Å². The molecule has 1 saturated heterocycles. The zero-order chi connectivity index (χ0) is 13.3. The molecular weight excluding hydrogens is 240 g/mol. The molecule has 2 N–H and O–H groups in total. The van der Waals surface area contributed by atoms with Gasteiger partial charge in [-0.15, -0.1) is 0 Å². The van der Waals surface area contributed by atoms with Crippen molar-refractivity contribution in [2.24, 2.45) is 0 Å². The second-order valence-corrected chi connectivity index (χ2v) is 6.60. The van der Waals surface area contributed by atoms with Crippen LogP contribution in [0.5, 0.6) is 0 Å². The number of nitrogens with one attached hydrogen (secondary N) is 2. The summed E-state index contributed by atoms with van der Waals surface area (Å²) >= 11 is 0. The molecule has 19 heavy (non-hydrogen) atoms. The highest BCUT2D eigenvalue weighted by Gasteiger charge is 2.40. The van der Waals surface area contributed by atoms with Crippen molar-refractivity contribution in [1.82, 2.24) is 10.6 Å². The Labute approximate surface area is 115 Å². The molecule has 1 heterocycles. The predicted octanol–water partition coefficient (Wildman–Crippen LogP) is 1.73. The molecule has 0 aromatic carbocycles. The molecule has 2 saturated carbocycles. The van der Waals surface area contributed by atoms with Crippen LogP contribution in [0.1, 0.15) is 58.3 Å². The van der Waals surface area contributed by atoms with E-state index in [0.717, 1.165) is 32.3 Å². The van der Waals surface area contributed by atoms with E-state index in [1.165, 1.54) is 25.7 Å². The van der Waals surface area contributed by atoms with Crippen molar-refractivity contribution in [2.75, 3.05) is 6.61 Å². The maximum atomic E-state index is 12.0. The second kappa shape index (κ2) is 5.41. The van der Waals surface area contributed by atoms with Gasteiger partial charge in [0.1, 0.15) is 0 Å². The van der Waals surface area contributed by atoms with Crippen LogP contribution in [0.3, 0.4) is 0 Å². The van der Waals surface area contributed by atoms with E-state index in [-0.39, 0.29) is 17.6 Å². The van der Waals surface area contributed by atoms with Crippen molar-refractivity contribution in [1.29, 1.82) is 0 Å². The van der Waals surface area contributed by atoms with E-state index in [9.17, 15) is 4.79 Å². The van der Waals surface area contributed by atoms with E-state index in [1.807, 2.05) is 6.92 Å². The molecule has 0 aromatic heterocycles. The lowest BCUT2D eigenvalue weighted by Crippen LogP contribution is -2.52. The van der Waals surface area contributed by atoms with Crippen LogP contribution in [0, 0.1) is 0 Å². The maximum absolute atomic E-state index is 12.0. The Bertz CT molecular complexity index is 335. The number of carbonyl (C=O) groups excluding carboxylic acids is 1. The molecule has 2 aliphatic carbocycles. The molecule has 2 unspecified atom stereocenters. The first kappa shape index (κ1) is 13.4. The highest BCUT2D eigenvalue weighted by molar-refractivity contribution is 5.81. The van der Waals surface area contributed by atoms with Crippen molar-refractivity contribution in [2.45, 2.75) is 82.0 Å². The van der Waals surface area contributed by atoms with Gasteiger partial charge in [0.25, 0.3) is 0 Å². The van der Waals surface area contributed by atoms with Crippen LogP contribution in [0.25, 0.3) is 0 Å². The summed E-state index contributed by atoms with van der Waals surface area (Å²) in [4.78, 5) is 12.0. The molecule has 0 aromatic rings. The van der Waals surface area contributed by atoms with Gasteiger partial charge in [-0.25, -0.2) is 0 Å². The third-order valence-corrected chi connectivity index (χ3v) is 4.81. The third-order valence-electron chi connectivity index (χ3n) is 4.81. The quantitative estimate of drug-likeness (QED) is 0.815. The number of hydrogen-bond donors (Lipinski definition) is 2. The Morgan fingerprint density at radius 1 is 1.21 bits per heavy atom. The molecule has 108 valence electrons. The summed E-state index contributed by atoms with van der Waals surface area (Å²) in [7, 11) is 0. The first-order chi connectivity index (χ1) is 9.17. The van der Waals surface area contributed by atoms with Crippen LogP contribution in [0.2, 0.25) is 0 Å². The first-order valence-electron chi connectivity index (χ1n) is 7.87. The molecule has 0 bridgehead atoms. The molecule has 3 aliphatic rings. The highest BCUT2D eigenvalue weighted by Crippen LogP contribution is 2.40. The van der Waals surface area contributed by atoms with Gasteiger partial charge >= 0.3 is 0 Å². The van der Waals surface area contributed by atoms with Crippen molar-refractivity contribution >= 4 is 5.91 Å². The Hall–Kier alpha value is -0.610. The normalized spacial score (nSPS) is 31.3. The fourth-order valence-corrected chi connectivity index (χ4v) is 3.52. The van der Waals surface area contributed by atoms with Gasteiger partial charge in [0.05, 0.1) is 11.6 Å². The van der Waals surface area contributed by atoms with Gasteiger partial charge in [0.15, 0.2) is 0 Å². The van der Waals surface area contributed by atoms with Crippen molar-refractivity contribution in [3.05, 3.63) is 0 Å². The van der Waals surface area contributed by atoms with Crippen LogP contribution >= 0.6 is 0 Å². The van der Waals surface area contributed by atoms with Gasteiger partial charge in [-0.1, -0.05) is 12.8 Å². The topological polar surface area (TPSA) is 50.4 Å². The van der Waals surface area contributed by atoms with Gasteiger partial charge in [-0.3, -0.25) is 4.79 Å². The molecule has 3 fully saturated rings. The zero-order valence-electron chi connectivity index (χ0n) is 11.9. The Morgan fingerprint density at radius 3 is 2.63 bits per heavy atom. The number of amides is 1. The minimum atomic E-state index is -0.0813. The van der Waals surface area contributed by atoms with Crippen molar-refractivity contribution in [3.8, 4) is 0 Å². The summed E-state index contributed by atoms with van der Waals surface area (Å²) in [5.41, 5.74) is 0.128. The Morgan fingerprint density at radius 2 is 1.95 bits per heavy atom. The maximum Gasteiger partial charge on any atom is 0.237 e. The lowest BCUT2D eigenvalue weighted by atomic mass is 9.88. The second-order valence-electron chi connectivity index (χ2n) is 6.60. The number of rotatable bonds is 4.